The molecule has 0 fully saturated rings. The van der Waals surface area contributed by atoms with Crippen LogP contribution in [0.4, 0.5) is 5.82 Å². The van der Waals surface area contributed by atoms with E-state index in [4.69, 9.17) is 5.11 Å². The van der Waals surface area contributed by atoms with E-state index in [1.165, 1.54) is 18.2 Å². The Morgan fingerprint density at radius 2 is 1.95 bits per heavy atom. The first-order valence-electron chi connectivity index (χ1n) is 6.04. The van der Waals surface area contributed by atoms with Crippen LogP contribution in [0.25, 0.3) is 0 Å². The highest BCUT2D eigenvalue weighted by Crippen LogP contribution is 2.14. The molecule has 0 aliphatic carbocycles. The van der Waals surface area contributed by atoms with Crippen LogP contribution in [0.1, 0.15) is 40.9 Å². The second-order valence-corrected chi connectivity index (χ2v) is 4.42. The zero-order valence-corrected chi connectivity index (χ0v) is 11.1. The highest BCUT2D eigenvalue weighted by molar-refractivity contribution is 6.03. The summed E-state index contributed by atoms with van der Waals surface area (Å²) in [6.45, 7) is 3.87. The molecule has 2 heterocycles. The number of carboxylic acid groups (broad SMARTS) is 1. The molecular formula is C13H14N4O3. The second kappa shape index (κ2) is 5.52. The van der Waals surface area contributed by atoms with Gasteiger partial charge in [-0.05, 0) is 26.0 Å². The molecule has 0 bridgehead atoms. The van der Waals surface area contributed by atoms with Crippen LogP contribution in [0, 0.1) is 0 Å². The predicted octanol–water partition coefficient (Wildman–Crippen LogP) is 1.81. The Morgan fingerprint density at radius 1 is 1.25 bits per heavy atom. The monoisotopic (exact) mass is 274 g/mol. The van der Waals surface area contributed by atoms with Crippen molar-refractivity contribution in [3.8, 4) is 0 Å². The van der Waals surface area contributed by atoms with Gasteiger partial charge in [0.05, 0.1) is 6.20 Å². The third kappa shape index (κ3) is 2.82. The fourth-order valence-electron chi connectivity index (χ4n) is 1.69. The molecule has 2 aromatic heterocycles. The fourth-order valence-corrected chi connectivity index (χ4v) is 1.69. The van der Waals surface area contributed by atoms with Crippen LogP contribution in [0.3, 0.4) is 0 Å². The van der Waals surface area contributed by atoms with Gasteiger partial charge in [0.2, 0.25) is 0 Å². The largest absolute Gasteiger partial charge is 0.477 e. The Labute approximate surface area is 115 Å². The van der Waals surface area contributed by atoms with Gasteiger partial charge < -0.3 is 10.4 Å². The quantitative estimate of drug-likeness (QED) is 0.886. The third-order valence-corrected chi connectivity index (χ3v) is 2.60. The molecule has 2 aromatic rings. The summed E-state index contributed by atoms with van der Waals surface area (Å²) in [4.78, 5) is 26.7. The van der Waals surface area contributed by atoms with E-state index in [9.17, 15) is 9.59 Å². The van der Waals surface area contributed by atoms with E-state index in [0.29, 0.717) is 5.82 Å². The molecule has 0 saturated carbocycles. The normalized spacial score (nSPS) is 10.6. The Balaban J connectivity index is 2.22. The maximum absolute atomic E-state index is 12.1. The van der Waals surface area contributed by atoms with Crippen LogP contribution in [0.2, 0.25) is 0 Å². The Morgan fingerprint density at radius 3 is 2.60 bits per heavy atom. The van der Waals surface area contributed by atoms with Crippen molar-refractivity contribution in [2.75, 3.05) is 5.32 Å². The van der Waals surface area contributed by atoms with Gasteiger partial charge in [0.25, 0.3) is 5.91 Å². The summed E-state index contributed by atoms with van der Waals surface area (Å²) in [5.74, 6) is -1.12. The highest BCUT2D eigenvalue weighted by Gasteiger charge is 2.14. The fraction of sp³-hybridized carbons (Fsp3) is 0.231. The van der Waals surface area contributed by atoms with Crippen molar-refractivity contribution in [3.63, 3.8) is 0 Å². The standard InChI is InChI=1S/C13H14N4O3/c1-8(2)17-11(6-7-14-17)16-12(18)9-4-3-5-10(15-9)13(19)20/h3-8H,1-2H3,(H,16,18)(H,19,20). The molecule has 0 radical (unpaired) electrons. The van der Waals surface area contributed by atoms with E-state index < -0.39 is 11.9 Å². The van der Waals surface area contributed by atoms with Crippen molar-refractivity contribution in [1.82, 2.24) is 14.8 Å². The van der Waals surface area contributed by atoms with Crippen molar-refractivity contribution in [3.05, 3.63) is 41.9 Å². The lowest BCUT2D eigenvalue weighted by atomic mass is 10.3. The SMILES string of the molecule is CC(C)n1nccc1NC(=O)c1cccc(C(=O)O)n1. The van der Waals surface area contributed by atoms with Crippen molar-refractivity contribution in [1.29, 1.82) is 0 Å². The van der Waals surface area contributed by atoms with Crippen molar-refractivity contribution in [2.24, 2.45) is 0 Å². The molecule has 0 aliphatic rings. The third-order valence-electron chi connectivity index (χ3n) is 2.60. The molecular weight excluding hydrogens is 260 g/mol. The number of pyridine rings is 1. The molecule has 0 unspecified atom stereocenters. The van der Waals surface area contributed by atoms with E-state index in [2.05, 4.69) is 15.4 Å². The van der Waals surface area contributed by atoms with Crippen molar-refractivity contribution >= 4 is 17.7 Å². The molecule has 104 valence electrons. The molecule has 7 heteroatoms. The zero-order valence-electron chi connectivity index (χ0n) is 11.1. The number of rotatable bonds is 4. The molecule has 2 rings (SSSR count). The van der Waals surface area contributed by atoms with Gasteiger partial charge in [0.15, 0.2) is 0 Å². The Bertz CT molecular complexity index is 649. The summed E-state index contributed by atoms with van der Waals surface area (Å²) >= 11 is 0. The van der Waals surface area contributed by atoms with Crippen LogP contribution in [0.15, 0.2) is 30.5 Å². The zero-order chi connectivity index (χ0) is 14.7. The van der Waals surface area contributed by atoms with Crippen LogP contribution in [0.5, 0.6) is 0 Å². The second-order valence-electron chi connectivity index (χ2n) is 4.42. The molecule has 1 amide bonds. The van der Waals surface area contributed by atoms with Gasteiger partial charge in [0.1, 0.15) is 17.2 Å². The Hall–Kier alpha value is -2.70. The predicted molar refractivity (Wildman–Crippen MR) is 71.8 cm³/mol. The first kappa shape index (κ1) is 13.7. The lowest BCUT2D eigenvalue weighted by Gasteiger charge is -2.11. The summed E-state index contributed by atoms with van der Waals surface area (Å²) in [6.07, 6.45) is 1.58. The number of hydrogen-bond acceptors (Lipinski definition) is 4. The minimum atomic E-state index is -1.17. The smallest absolute Gasteiger partial charge is 0.354 e. The average molecular weight is 274 g/mol. The lowest BCUT2D eigenvalue weighted by molar-refractivity contribution is 0.0690. The summed E-state index contributed by atoms with van der Waals surface area (Å²) in [6, 6.07) is 6.03. The summed E-state index contributed by atoms with van der Waals surface area (Å²) in [5, 5.41) is 15.6. The average Bonchev–Trinajstić information content (AvgIpc) is 2.87. The maximum atomic E-state index is 12.1. The topological polar surface area (TPSA) is 97.1 Å². The molecule has 2 N–H and O–H groups in total. The molecule has 7 nitrogen and oxygen atoms in total. The van der Waals surface area contributed by atoms with Crippen molar-refractivity contribution < 1.29 is 14.7 Å². The van der Waals surface area contributed by atoms with Gasteiger partial charge in [-0.3, -0.25) is 4.79 Å². The number of amides is 1. The lowest BCUT2D eigenvalue weighted by Crippen LogP contribution is -2.18. The van der Waals surface area contributed by atoms with Crippen LogP contribution in [-0.4, -0.2) is 31.7 Å². The van der Waals surface area contributed by atoms with Gasteiger partial charge in [0, 0.05) is 12.1 Å². The number of carbonyl (C=O) groups is 2. The van der Waals surface area contributed by atoms with Gasteiger partial charge in [-0.25, -0.2) is 14.5 Å². The van der Waals surface area contributed by atoms with Gasteiger partial charge in [-0.2, -0.15) is 5.10 Å². The van der Waals surface area contributed by atoms with E-state index in [0.717, 1.165) is 0 Å². The van der Waals surface area contributed by atoms with E-state index in [1.807, 2.05) is 13.8 Å². The number of carboxylic acids is 1. The minimum Gasteiger partial charge on any atom is -0.477 e. The number of nitrogens with zero attached hydrogens (tertiary/aromatic N) is 3. The molecule has 20 heavy (non-hydrogen) atoms. The number of aromatic nitrogens is 3. The van der Waals surface area contributed by atoms with Gasteiger partial charge >= 0.3 is 5.97 Å². The van der Waals surface area contributed by atoms with E-state index in [-0.39, 0.29) is 17.4 Å². The number of nitrogens with one attached hydrogen (secondary N) is 1. The molecule has 0 aromatic carbocycles. The van der Waals surface area contributed by atoms with Crippen LogP contribution in [-0.2, 0) is 0 Å². The Kier molecular flexibility index (Phi) is 3.79. The summed E-state index contributed by atoms with van der Waals surface area (Å²) < 4.78 is 1.65. The van der Waals surface area contributed by atoms with Crippen molar-refractivity contribution in [2.45, 2.75) is 19.9 Å². The number of carbonyl (C=O) groups excluding carboxylic acids is 1. The van der Waals surface area contributed by atoms with Crippen LogP contribution >= 0.6 is 0 Å². The first-order valence-corrected chi connectivity index (χ1v) is 6.04. The molecule has 0 atom stereocenters. The summed E-state index contributed by atoms with van der Waals surface area (Å²) in [5.41, 5.74) is -0.128. The number of anilines is 1. The van der Waals surface area contributed by atoms with E-state index >= 15 is 0 Å². The summed E-state index contributed by atoms with van der Waals surface area (Å²) in [7, 11) is 0. The molecule has 0 spiro atoms. The number of hydrogen-bond donors (Lipinski definition) is 2. The maximum Gasteiger partial charge on any atom is 0.354 e. The van der Waals surface area contributed by atoms with Gasteiger partial charge in [-0.15, -0.1) is 0 Å². The number of aromatic carboxylic acids is 1. The van der Waals surface area contributed by atoms with Crippen LogP contribution < -0.4 is 5.32 Å². The molecule has 0 saturated heterocycles. The highest BCUT2D eigenvalue weighted by atomic mass is 16.4. The first-order chi connectivity index (χ1) is 9.49. The molecule has 0 aliphatic heterocycles. The minimum absolute atomic E-state index is 0.0430. The van der Waals surface area contributed by atoms with E-state index in [1.54, 1.807) is 16.9 Å². The van der Waals surface area contributed by atoms with Gasteiger partial charge in [-0.1, -0.05) is 6.07 Å².